The van der Waals surface area contributed by atoms with Gasteiger partial charge in [-0.15, -0.1) is 0 Å². The van der Waals surface area contributed by atoms with E-state index in [9.17, 15) is 14.0 Å². The Morgan fingerprint density at radius 1 is 1.29 bits per heavy atom. The summed E-state index contributed by atoms with van der Waals surface area (Å²) in [7, 11) is 0. The molecule has 0 saturated heterocycles. The lowest BCUT2D eigenvalue weighted by molar-refractivity contribution is -0.151. The molecule has 1 heterocycles. The van der Waals surface area contributed by atoms with Crippen LogP contribution in [0.5, 0.6) is 0 Å². The second kappa shape index (κ2) is 7.09. The summed E-state index contributed by atoms with van der Waals surface area (Å²) in [4.78, 5) is 24.9. The first-order valence-electron chi connectivity index (χ1n) is 7.79. The SMILES string of the molecule is CCOC(=O)[C@@H]1C(=O)C=C(c2ccsc2)C[C@@H]1c1ccc(F)cc1. The molecule has 1 aromatic carbocycles. The van der Waals surface area contributed by atoms with Crippen molar-refractivity contribution in [3.8, 4) is 0 Å². The van der Waals surface area contributed by atoms with Crippen LogP contribution in [0.1, 0.15) is 30.4 Å². The number of benzene rings is 1. The summed E-state index contributed by atoms with van der Waals surface area (Å²) in [5.74, 6) is -2.34. The van der Waals surface area contributed by atoms with Crippen molar-refractivity contribution in [2.75, 3.05) is 6.61 Å². The summed E-state index contributed by atoms with van der Waals surface area (Å²) in [5, 5.41) is 3.93. The number of ether oxygens (including phenoxy) is 1. The fourth-order valence-electron chi connectivity index (χ4n) is 3.05. The summed E-state index contributed by atoms with van der Waals surface area (Å²) in [6.07, 6.45) is 2.08. The van der Waals surface area contributed by atoms with Gasteiger partial charge in [-0.2, -0.15) is 11.3 Å². The van der Waals surface area contributed by atoms with E-state index in [0.717, 1.165) is 16.7 Å². The highest BCUT2D eigenvalue weighted by Gasteiger charge is 2.39. The normalized spacial score (nSPS) is 20.6. The molecule has 24 heavy (non-hydrogen) atoms. The number of esters is 1. The summed E-state index contributed by atoms with van der Waals surface area (Å²) in [6, 6.07) is 7.93. The van der Waals surface area contributed by atoms with Crippen LogP contribution in [-0.2, 0) is 14.3 Å². The van der Waals surface area contributed by atoms with Gasteiger partial charge < -0.3 is 4.74 Å². The van der Waals surface area contributed by atoms with E-state index in [0.29, 0.717) is 6.42 Å². The van der Waals surface area contributed by atoms with Gasteiger partial charge in [-0.25, -0.2) is 4.39 Å². The van der Waals surface area contributed by atoms with Gasteiger partial charge in [0.15, 0.2) is 5.78 Å². The van der Waals surface area contributed by atoms with Crippen molar-refractivity contribution in [1.29, 1.82) is 0 Å². The van der Waals surface area contributed by atoms with Gasteiger partial charge in [0.25, 0.3) is 0 Å². The minimum Gasteiger partial charge on any atom is -0.465 e. The molecule has 0 aliphatic heterocycles. The van der Waals surface area contributed by atoms with Crippen LogP contribution >= 0.6 is 11.3 Å². The van der Waals surface area contributed by atoms with E-state index in [1.807, 2.05) is 16.8 Å². The molecule has 0 radical (unpaired) electrons. The number of halogens is 1. The first-order chi connectivity index (χ1) is 11.6. The third kappa shape index (κ3) is 3.31. The van der Waals surface area contributed by atoms with Gasteiger partial charge in [0, 0.05) is 5.92 Å². The molecule has 124 valence electrons. The van der Waals surface area contributed by atoms with E-state index in [-0.39, 0.29) is 24.1 Å². The number of hydrogen-bond acceptors (Lipinski definition) is 4. The molecule has 0 amide bonds. The van der Waals surface area contributed by atoms with Crippen molar-refractivity contribution in [1.82, 2.24) is 0 Å². The van der Waals surface area contributed by atoms with E-state index in [1.54, 1.807) is 36.5 Å². The van der Waals surface area contributed by atoms with Crippen molar-refractivity contribution in [3.63, 3.8) is 0 Å². The average Bonchev–Trinajstić information content (AvgIpc) is 3.09. The molecule has 0 N–H and O–H groups in total. The molecular formula is C19H17FO3S. The number of allylic oxidation sites excluding steroid dienone is 2. The molecule has 0 bridgehead atoms. The Morgan fingerprint density at radius 2 is 2.04 bits per heavy atom. The second-order valence-corrected chi connectivity index (χ2v) is 6.46. The number of hydrogen-bond donors (Lipinski definition) is 0. The van der Waals surface area contributed by atoms with Gasteiger partial charge in [-0.1, -0.05) is 12.1 Å². The van der Waals surface area contributed by atoms with Gasteiger partial charge in [0.05, 0.1) is 6.61 Å². The molecule has 1 aliphatic carbocycles. The van der Waals surface area contributed by atoms with Crippen molar-refractivity contribution in [2.24, 2.45) is 5.92 Å². The number of carbonyl (C=O) groups excluding carboxylic acids is 2. The number of carbonyl (C=O) groups is 2. The number of thiophene rings is 1. The first-order valence-corrected chi connectivity index (χ1v) is 8.73. The summed E-state index contributed by atoms with van der Waals surface area (Å²) >= 11 is 1.56. The fourth-order valence-corrected chi connectivity index (χ4v) is 3.73. The maximum atomic E-state index is 13.2. The first kappa shape index (κ1) is 16.6. The summed E-state index contributed by atoms with van der Waals surface area (Å²) in [5.41, 5.74) is 2.66. The van der Waals surface area contributed by atoms with Crippen LogP contribution in [0.4, 0.5) is 4.39 Å². The largest absolute Gasteiger partial charge is 0.465 e. The van der Waals surface area contributed by atoms with Crippen molar-refractivity contribution >= 4 is 28.7 Å². The second-order valence-electron chi connectivity index (χ2n) is 5.68. The highest BCUT2D eigenvalue weighted by molar-refractivity contribution is 7.08. The van der Waals surface area contributed by atoms with Crippen molar-refractivity contribution in [3.05, 3.63) is 64.1 Å². The Morgan fingerprint density at radius 3 is 2.67 bits per heavy atom. The van der Waals surface area contributed by atoms with E-state index in [2.05, 4.69) is 0 Å². The van der Waals surface area contributed by atoms with Crippen LogP contribution in [0, 0.1) is 11.7 Å². The molecule has 0 saturated carbocycles. The summed E-state index contributed by atoms with van der Waals surface area (Å²) in [6.45, 7) is 1.94. The number of rotatable bonds is 4. The monoisotopic (exact) mass is 344 g/mol. The van der Waals surface area contributed by atoms with Crippen LogP contribution in [-0.4, -0.2) is 18.4 Å². The van der Waals surface area contributed by atoms with Crippen molar-refractivity contribution < 1.29 is 18.7 Å². The smallest absolute Gasteiger partial charge is 0.317 e. The molecular weight excluding hydrogens is 327 g/mol. The maximum absolute atomic E-state index is 13.2. The zero-order valence-corrected chi connectivity index (χ0v) is 14.0. The highest BCUT2D eigenvalue weighted by atomic mass is 32.1. The quantitative estimate of drug-likeness (QED) is 0.616. The van der Waals surface area contributed by atoms with Crippen LogP contribution in [0.15, 0.2) is 47.2 Å². The average molecular weight is 344 g/mol. The zero-order valence-electron chi connectivity index (χ0n) is 13.2. The van der Waals surface area contributed by atoms with E-state index >= 15 is 0 Å². The third-order valence-electron chi connectivity index (χ3n) is 4.20. The van der Waals surface area contributed by atoms with E-state index in [1.165, 1.54) is 12.1 Å². The molecule has 2 atom stereocenters. The van der Waals surface area contributed by atoms with Gasteiger partial charge >= 0.3 is 5.97 Å². The molecule has 1 aliphatic rings. The molecule has 0 fully saturated rings. The van der Waals surface area contributed by atoms with Gasteiger partial charge in [-0.05, 0) is 65.1 Å². The van der Waals surface area contributed by atoms with E-state index in [4.69, 9.17) is 4.74 Å². The summed E-state index contributed by atoms with van der Waals surface area (Å²) < 4.78 is 18.3. The van der Waals surface area contributed by atoms with E-state index < -0.39 is 11.9 Å². The molecule has 2 aromatic rings. The lowest BCUT2D eigenvalue weighted by Crippen LogP contribution is -2.34. The predicted octanol–water partition coefficient (Wildman–Crippen LogP) is 4.21. The van der Waals surface area contributed by atoms with Gasteiger partial charge in [0.1, 0.15) is 11.7 Å². The molecule has 1 aromatic heterocycles. The Bertz CT molecular complexity index is 762. The standard InChI is InChI=1S/C19H17FO3S/c1-2-23-19(22)18-16(12-3-5-15(20)6-4-12)9-14(10-17(18)21)13-7-8-24-11-13/h3-8,10-11,16,18H,2,9H2,1H3/t16-,18+/m1/s1. The Balaban J connectivity index is 2.00. The Labute approximate surface area is 143 Å². The molecule has 3 nitrogen and oxygen atoms in total. The predicted molar refractivity (Wildman–Crippen MR) is 91.2 cm³/mol. The molecule has 0 spiro atoms. The molecule has 0 unspecified atom stereocenters. The number of ketones is 1. The Hall–Kier alpha value is -2.27. The van der Waals surface area contributed by atoms with Crippen LogP contribution in [0.3, 0.4) is 0 Å². The Kier molecular flexibility index (Phi) is 4.90. The van der Waals surface area contributed by atoms with Crippen LogP contribution in [0.2, 0.25) is 0 Å². The van der Waals surface area contributed by atoms with Gasteiger partial charge in [-0.3, -0.25) is 9.59 Å². The molecule has 3 rings (SSSR count). The minimum absolute atomic E-state index is 0.222. The third-order valence-corrected chi connectivity index (χ3v) is 4.88. The topological polar surface area (TPSA) is 43.4 Å². The fraction of sp³-hybridized carbons (Fsp3) is 0.263. The van der Waals surface area contributed by atoms with Crippen LogP contribution < -0.4 is 0 Å². The highest BCUT2D eigenvalue weighted by Crippen LogP contribution is 2.40. The lowest BCUT2D eigenvalue weighted by atomic mass is 9.74. The van der Waals surface area contributed by atoms with Gasteiger partial charge in [0.2, 0.25) is 0 Å². The maximum Gasteiger partial charge on any atom is 0.317 e. The molecule has 5 heteroatoms. The minimum atomic E-state index is -0.877. The van der Waals surface area contributed by atoms with Crippen molar-refractivity contribution in [2.45, 2.75) is 19.3 Å². The lowest BCUT2D eigenvalue weighted by Gasteiger charge is -2.29. The van der Waals surface area contributed by atoms with Crippen LogP contribution in [0.25, 0.3) is 5.57 Å². The zero-order chi connectivity index (χ0) is 17.1.